The lowest BCUT2D eigenvalue weighted by molar-refractivity contribution is 0.143. The number of nitrogens with zero attached hydrogens (tertiary/aromatic N) is 2. The number of pyridine rings is 1. The van der Waals surface area contributed by atoms with Crippen LogP contribution < -0.4 is 24.8 Å². The number of hydrogen-bond donors (Lipinski definition) is 2. The summed E-state index contributed by atoms with van der Waals surface area (Å²) in [5, 5.41) is 6.55. The molecular formula is C20H29IN4O4. The van der Waals surface area contributed by atoms with Gasteiger partial charge in [0.15, 0.2) is 5.96 Å². The van der Waals surface area contributed by atoms with Crippen LogP contribution in [0.15, 0.2) is 41.5 Å². The summed E-state index contributed by atoms with van der Waals surface area (Å²) >= 11 is 0. The SMILES string of the molecule is CN=C(NCc1ccc(OC)cc1OC)NCc1cccnc1OCCOC.I. The van der Waals surface area contributed by atoms with Crippen LogP contribution in [0.2, 0.25) is 0 Å². The number of methoxy groups -OCH3 is 3. The van der Waals surface area contributed by atoms with Gasteiger partial charge in [0.25, 0.3) is 0 Å². The van der Waals surface area contributed by atoms with E-state index in [1.54, 1.807) is 34.6 Å². The Balaban J connectivity index is 0.00000420. The average Bonchev–Trinajstić information content (AvgIpc) is 2.74. The van der Waals surface area contributed by atoms with Gasteiger partial charge < -0.3 is 29.6 Å². The van der Waals surface area contributed by atoms with Crippen LogP contribution in [0.5, 0.6) is 17.4 Å². The van der Waals surface area contributed by atoms with Crippen molar-refractivity contribution >= 4 is 29.9 Å². The summed E-state index contributed by atoms with van der Waals surface area (Å²) in [5.41, 5.74) is 1.93. The second-order valence-electron chi connectivity index (χ2n) is 5.77. The first-order valence-electron chi connectivity index (χ1n) is 8.92. The molecule has 160 valence electrons. The Bertz CT molecular complexity index is 774. The molecule has 29 heavy (non-hydrogen) atoms. The van der Waals surface area contributed by atoms with Crippen molar-refractivity contribution in [3.05, 3.63) is 47.7 Å². The fourth-order valence-electron chi connectivity index (χ4n) is 2.49. The number of aliphatic imine (C=N–C) groups is 1. The zero-order valence-corrected chi connectivity index (χ0v) is 19.6. The fourth-order valence-corrected chi connectivity index (χ4v) is 2.49. The van der Waals surface area contributed by atoms with E-state index in [-0.39, 0.29) is 24.0 Å². The predicted octanol–water partition coefficient (Wildman–Crippen LogP) is 2.61. The maximum Gasteiger partial charge on any atom is 0.218 e. The lowest BCUT2D eigenvalue weighted by Gasteiger charge is -2.15. The summed E-state index contributed by atoms with van der Waals surface area (Å²) in [7, 11) is 6.63. The smallest absolute Gasteiger partial charge is 0.218 e. The maximum atomic E-state index is 5.66. The summed E-state index contributed by atoms with van der Waals surface area (Å²) < 4.78 is 21.3. The summed E-state index contributed by atoms with van der Waals surface area (Å²) in [4.78, 5) is 8.54. The van der Waals surface area contributed by atoms with E-state index >= 15 is 0 Å². The maximum absolute atomic E-state index is 5.66. The summed E-state index contributed by atoms with van der Waals surface area (Å²) in [6.45, 7) is 2.04. The molecule has 0 aliphatic carbocycles. The molecule has 1 aromatic heterocycles. The van der Waals surface area contributed by atoms with Crippen LogP contribution in [0.3, 0.4) is 0 Å². The fraction of sp³-hybridized carbons (Fsp3) is 0.400. The molecule has 9 heteroatoms. The Kier molecular flexibility index (Phi) is 11.8. The van der Waals surface area contributed by atoms with Crippen molar-refractivity contribution < 1.29 is 18.9 Å². The third-order valence-electron chi connectivity index (χ3n) is 3.99. The molecule has 0 amide bonds. The van der Waals surface area contributed by atoms with Crippen molar-refractivity contribution in [2.45, 2.75) is 13.1 Å². The first-order chi connectivity index (χ1) is 13.7. The van der Waals surface area contributed by atoms with Gasteiger partial charge >= 0.3 is 0 Å². The largest absolute Gasteiger partial charge is 0.497 e. The molecule has 0 fully saturated rings. The van der Waals surface area contributed by atoms with Gasteiger partial charge in [0.05, 0.1) is 20.8 Å². The number of guanidine groups is 1. The van der Waals surface area contributed by atoms with Crippen molar-refractivity contribution in [1.82, 2.24) is 15.6 Å². The first kappa shape index (κ1) is 24.8. The number of rotatable bonds is 10. The minimum Gasteiger partial charge on any atom is -0.497 e. The number of aromatic nitrogens is 1. The number of benzene rings is 1. The van der Waals surface area contributed by atoms with Crippen LogP contribution in [-0.2, 0) is 17.8 Å². The standard InChI is InChI=1S/C20H28N4O4.HI/c1-21-20(23-13-15-7-8-17(26-3)12-18(15)27-4)24-14-16-6-5-9-22-19(16)28-11-10-25-2;/h5-9,12H,10-11,13-14H2,1-4H3,(H2,21,23,24);1H. The van der Waals surface area contributed by atoms with E-state index in [2.05, 4.69) is 20.6 Å². The quantitative estimate of drug-likeness (QED) is 0.217. The second kappa shape index (κ2) is 13.8. The Morgan fingerprint density at radius 3 is 2.41 bits per heavy atom. The molecular weight excluding hydrogens is 487 g/mol. The molecule has 0 unspecified atom stereocenters. The highest BCUT2D eigenvalue weighted by molar-refractivity contribution is 14.0. The number of nitrogens with one attached hydrogen (secondary N) is 2. The molecule has 8 nitrogen and oxygen atoms in total. The molecule has 0 spiro atoms. The number of halogens is 1. The van der Waals surface area contributed by atoms with E-state index in [0.717, 1.165) is 22.6 Å². The van der Waals surface area contributed by atoms with Gasteiger partial charge in [-0.1, -0.05) is 6.07 Å². The minimum absolute atomic E-state index is 0. The van der Waals surface area contributed by atoms with E-state index in [9.17, 15) is 0 Å². The third-order valence-corrected chi connectivity index (χ3v) is 3.99. The van der Waals surface area contributed by atoms with E-state index in [0.29, 0.717) is 38.1 Å². The highest BCUT2D eigenvalue weighted by Gasteiger charge is 2.08. The van der Waals surface area contributed by atoms with Crippen molar-refractivity contribution in [3.63, 3.8) is 0 Å². The van der Waals surface area contributed by atoms with Crippen LogP contribution >= 0.6 is 24.0 Å². The molecule has 0 aliphatic heterocycles. The second-order valence-corrected chi connectivity index (χ2v) is 5.77. The van der Waals surface area contributed by atoms with E-state index in [4.69, 9.17) is 18.9 Å². The zero-order chi connectivity index (χ0) is 20.2. The zero-order valence-electron chi connectivity index (χ0n) is 17.2. The highest BCUT2D eigenvalue weighted by Crippen LogP contribution is 2.24. The molecule has 2 aromatic rings. The molecule has 0 bridgehead atoms. The van der Waals surface area contributed by atoms with Crippen LogP contribution in [0.1, 0.15) is 11.1 Å². The Morgan fingerprint density at radius 2 is 1.76 bits per heavy atom. The molecule has 0 atom stereocenters. The van der Waals surface area contributed by atoms with Gasteiger partial charge in [0, 0.05) is 50.6 Å². The molecule has 1 aromatic carbocycles. The molecule has 1 heterocycles. The van der Waals surface area contributed by atoms with Crippen LogP contribution in [0, 0.1) is 0 Å². The average molecular weight is 516 g/mol. The number of ether oxygens (including phenoxy) is 4. The Labute approximate surface area is 189 Å². The molecule has 0 radical (unpaired) electrons. The van der Waals surface area contributed by atoms with Crippen LogP contribution in [0.25, 0.3) is 0 Å². The summed E-state index contributed by atoms with van der Waals surface area (Å²) in [6.07, 6.45) is 1.70. The summed E-state index contributed by atoms with van der Waals surface area (Å²) in [6, 6.07) is 9.54. The monoisotopic (exact) mass is 516 g/mol. The molecule has 2 rings (SSSR count). The van der Waals surface area contributed by atoms with Gasteiger partial charge in [-0.05, 0) is 18.2 Å². The van der Waals surface area contributed by atoms with Gasteiger partial charge in [-0.15, -0.1) is 24.0 Å². The normalized spacial score (nSPS) is 10.7. The van der Waals surface area contributed by atoms with Gasteiger partial charge in [0.2, 0.25) is 5.88 Å². The Morgan fingerprint density at radius 1 is 1.00 bits per heavy atom. The van der Waals surface area contributed by atoms with Gasteiger partial charge in [-0.2, -0.15) is 0 Å². The lowest BCUT2D eigenvalue weighted by atomic mass is 10.2. The molecule has 0 saturated carbocycles. The van der Waals surface area contributed by atoms with Crippen molar-refractivity contribution in [2.75, 3.05) is 41.6 Å². The van der Waals surface area contributed by atoms with E-state index < -0.39 is 0 Å². The topological polar surface area (TPSA) is 86.2 Å². The summed E-state index contributed by atoms with van der Waals surface area (Å²) in [5.74, 6) is 2.74. The molecule has 2 N–H and O–H groups in total. The lowest BCUT2D eigenvalue weighted by Crippen LogP contribution is -2.36. The Hall–Kier alpha value is -2.27. The van der Waals surface area contributed by atoms with Crippen LogP contribution in [0.4, 0.5) is 0 Å². The minimum atomic E-state index is 0. The molecule has 0 aliphatic rings. The first-order valence-corrected chi connectivity index (χ1v) is 8.92. The number of hydrogen-bond acceptors (Lipinski definition) is 6. The van der Waals surface area contributed by atoms with Crippen LogP contribution in [-0.4, -0.2) is 52.5 Å². The van der Waals surface area contributed by atoms with Crippen molar-refractivity contribution in [2.24, 2.45) is 4.99 Å². The van der Waals surface area contributed by atoms with Crippen molar-refractivity contribution in [1.29, 1.82) is 0 Å². The highest BCUT2D eigenvalue weighted by atomic mass is 127. The van der Waals surface area contributed by atoms with E-state index in [1.807, 2.05) is 30.3 Å². The van der Waals surface area contributed by atoms with Gasteiger partial charge in [-0.25, -0.2) is 4.98 Å². The predicted molar refractivity (Wildman–Crippen MR) is 124 cm³/mol. The van der Waals surface area contributed by atoms with Crippen molar-refractivity contribution in [3.8, 4) is 17.4 Å². The van der Waals surface area contributed by atoms with Gasteiger partial charge in [0.1, 0.15) is 18.1 Å². The molecule has 0 saturated heterocycles. The van der Waals surface area contributed by atoms with Gasteiger partial charge in [-0.3, -0.25) is 4.99 Å². The third kappa shape index (κ3) is 7.94. The van der Waals surface area contributed by atoms with E-state index in [1.165, 1.54) is 0 Å².